The molecule has 3 N–H and O–H groups in total. The lowest BCUT2D eigenvalue weighted by Gasteiger charge is -2.30. The van der Waals surface area contributed by atoms with Gasteiger partial charge in [-0.2, -0.15) is 0 Å². The first-order chi connectivity index (χ1) is 11.4. The molecule has 7 nitrogen and oxygen atoms in total. The number of nitrogens with one attached hydrogen (secondary N) is 3. The molecular formula is C16H21BrN3O4+. The number of carbonyl (C=O) groups excluding carboxylic acids is 3. The van der Waals surface area contributed by atoms with Gasteiger partial charge < -0.3 is 20.3 Å². The summed E-state index contributed by atoms with van der Waals surface area (Å²) in [6.45, 7) is 3.13. The highest BCUT2D eigenvalue weighted by molar-refractivity contribution is 9.10. The molecule has 0 radical (unpaired) electrons. The molecule has 2 rings (SSSR count). The minimum absolute atomic E-state index is 0.0425. The molecule has 1 aliphatic heterocycles. The molecule has 1 fully saturated rings. The normalized spacial score (nSPS) is 20.2. The van der Waals surface area contributed by atoms with Crippen LogP contribution >= 0.6 is 15.9 Å². The van der Waals surface area contributed by atoms with Crippen molar-refractivity contribution in [1.29, 1.82) is 0 Å². The second-order valence-electron chi connectivity index (χ2n) is 5.74. The third kappa shape index (κ3) is 4.78. The smallest absolute Gasteiger partial charge is 0.312 e. The number of anilines is 1. The Kier molecular flexibility index (Phi) is 6.33. The van der Waals surface area contributed by atoms with E-state index in [1.54, 1.807) is 0 Å². The summed E-state index contributed by atoms with van der Waals surface area (Å²) in [5.41, 5.74) is 1.76. The van der Waals surface area contributed by atoms with Gasteiger partial charge in [-0.25, -0.2) is 0 Å². The molecule has 0 aromatic heterocycles. The number of benzene rings is 1. The van der Waals surface area contributed by atoms with Crippen LogP contribution in [0.1, 0.15) is 12.0 Å². The number of ether oxygens (including phenoxy) is 1. The molecule has 2 amide bonds. The molecule has 1 heterocycles. The van der Waals surface area contributed by atoms with E-state index in [1.807, 2.05) is 25.1 Å². The van der Waals surface area contributed by atoms with Crippen molar-refractivity contribution in [3.8, 4) is 0 Å². The zero-order valence-corrected chi connectivity index (χ0v) is 15.2. The Morgan fingerprint density at radius 1 is 1.46 bits per heavy atom. The summed E-state index contributed by atoms with van der Waals surface area (Å²) in [5.74, 6) is -0.902. The maximum absolute atomic E-state index is 12.3. The number of esters is 1. The highest BCUT2D eigenvalue weighted by Crippen LogP contribution is 2.23. The van der Waals surface area contributed by atoms with Crippen molar-refractivity contribution in [3.05, 3.63) is 28.2 Å². The molecule has 2 atom stereocenters. The first kappa shape index (κ1) is 18.4. The van der Waals surface area contributed by atoms with E-state index in [0.717, 1.165) is 14.9 Å². The van der Waals surface area contributed by atoms with Gasteiger partial charge in [0.05, 0.1) is 25.9 Å². The fourth-order valence-corrected chi connectivity index (χ4v) is 3.24. The predicted octanol–water partition coefficient (Wildman–Crippen LogP) is -0.358. The number of amides is 2. The van der Waals surface area contributed by atoms with Crippen LogP contribution in [0.15, 0.2) is 22.7 Å². The Morgan fingerprint density at radius 2 is 2.21 bits per heavy atom. The number of methoxy groups -OCH3 is 1. The molecule has 0 spiro atoms. The van der Waals surface area contributed by atoms with Crippen LogP contribution in [-0.2, 0) is 19.1 Å². The summed E-state index contributed by atoms with van der Waals surface area (Å²) in [7, 11) is 1.28. The summed E-state index contributed by atoms with van der Waals surface area (Å²) in [5, 5.41) is 5.56. The van der Waals surface area contributed by atoms with Crippen LogP contribution in [-0.4, -0.2) is 50.6 Å². The maximum Gasteiger partial charge on any atom is 0.312 e. The fourth-order valence-electron chi connectivity index (χ4n) is 2.65. The van der Waals surface area contributed by atoms with Crippen molar-refractivity contribution in [1.82, 2.24) is 5.32 Å². The van der Waals surface area contributed by atoms with Crippen LogP contribution in [0.25, 0.3) is 0 Å². The van der Waals surface area contributed by atoms with Gasteiger partial charge in [-0.15, -0.1) is 0 Å². The average molecular weight is 399 g/mol. The summed E-state index contributed by atoms with van der Waals surface area (Å²) >= 11 is 3.42. The standard InChI is InChI=1S/C16H20BrN3O4/c1-10-3-4-12(11(17)7-10)19-14(21)9-20-6-5-18-16(23)13(20)8-15(22)24-2/h3-4,7,13H,5-6,8-9H2,1-2H3,(H,18,23)(H,19,21)/p+1/t13-/m1/s1. The largest absolute Gasteiger partial charge is 0.469 e. The van der Waals surface area contributed by atoms with Crippen LogP contribution in [0.4, 0.5) is 5.69 Å². The lowest BCUT2D eigenvalue weighted by Crippen LogP contribution is -3.20. The monoisotopic (exact) mass is 398 g/mol. The van der Waals surface area contributed by atoms with E-state index in [4.69, 9.17) is 0 Å². The van der Waals surface area contributed by atoms with E-state index in [0.29, 0.717) is 18.8 Å². The van der Waals surface area contributed by atoms with E-state index in [-0.39, 0.29) is 24.8 Å². The van der Waals surface area contributed by atoms with E-state index < -0.39 is 12.0 Å². The number of hydrogen-bond donors (Lipinski definition) is 3. The molecule has 1 aromatic carbocycles. The molecule has 1 aromatic rings. The van der Waals surface area contributed by atoms with Gasteiger partial charge in [-0.3, -0.25) is 14.4 Å². The van der Waals surface area contributed by atoms with E-state index in [9.17, 15) is 14.4 Å². The van der Waals surface area contributed by atoms with Crippen LogP contribution in [0, 0.1) is 6.92 Å². The van der Waals surface area contributed by atoms with Crippen molar-refractivity contribution >= 4 is 39.4 Å². The van der Waals surface area contributed by atoms with Crippen molar-refractivity contribution in [3.63, 3.8) is 0 Å². The predicted molar refractivity (Wildman–Crippen MR) is 91.6 cm³/mol. The van der Waals surface area contributed by atoms with Crippen LogP contribution in [0.3, 0.4) is 0 Å². The second kappa shape index (κ2) is 8.25. The molecule has 130 valence electrons. The Morgan fingerprint density at radius 3 is 2.88 bits per heavy atom. The van der Waals surface area contributed by atoms with Gasteiger partial charge in [0.15, 0.2) is 12.6 Å². The van der Waals surface area contributed by atoms with Crippen LogP contribution in [0.2, 0.25) is 0 Å². The topological polar surface area (TPSA) is 88.9 Å². The van der Waals surface area contributed by atoms with Crippen molar-refractivity contribution in [2.24, 2.45) is 0 Å². The highest BCUT2D eigenvalue weighted by atomic mass is 79.9. The molecule has 1 saturated heterocycles. The first-order valence-electron chi connectivity index (χ1n) is 7.66. The number of aryl methyl sites for hydroxylation is 1. The zero-order chi connectivity index (χ0) is 17.7. The Hall–Kier alpha value is -1.93. The quantitative estimate of drug-likeness (QED) is 0.591. The van der Waals surface area contributed by atoms with Crippen molar-refractivity contribution < 1.29 is 24.0 Å². The molecule has 0 saturated carbocycles. The summed E-state index contributed by atoms with van der Waals surface area (Å²) < 4.78 is 5.44. The summed E-state index contributed by atoms with van der Waals surface area (Å²) in [4.78, 5) is 36.6. The molecule has 1 unspecified atom stereocenters. The lowest BCUT2D eigenvalue weighted by atomic mass is 10.1. The number of carbonyl (C=O) groups is 3. The molecule has 1 aliphatic rings. The molecule has 8 heteroatoms. The number of piperazine rings is 1. The summed E-state index contributed by atoms with van der Waals surface area (Å²) in [6.07, 6.45) is -0.0425. The van der Waals surface area contributed by atoms with Crippen LogP contribution in [0.5, 0.6) is 0 Å². The fraction of sp³-hybridized carbons (Fsp3) is 0.438. The van der Waals surface area contributed by atoms with Crippen molar-refractivity contribution in [2.45, 2.75) is 19.4 Å². The molecule has 24 heavy (non-hydrogen) atoms. The first-order valence-corrected chi connectivity index (χ1v) is 8.45. The Bertz CT molecular complexity index is 650. The SMILES string of the molecule is COC(=O)C[C@@H]1C(=O)NCC[NH+]1CC(=O)Nc1ccc(C)cc1Br. The molecular weight excluding hydrogens is 378 g/mol. The van der Waals surface area contributed by atoms with E-state index >= 15 is 0 Å². The van der Waals surface area contributed by atoms with E-state index in [1.165, 1.54) is 7.11 Å². The average Bonchev–Trinajstić information content (AvgIpc) is 2.53. The second-order valence-corrected chi connectivity index (χ2v) is 6.59. The lowest BCUT2D eigenvalue weighted by molar-refractivity contribution is -0.909. The highest BCUT2D eigenvalue weighted by Gasteiger charge is 2.36. The van der Waals surface area contributed by atoms with Crippen LogP contribution < -0.4 is 15.5 Å². The molecule has 0 aliphatic carbocycles. The third-order valence-corrected chi connectivity index (χ3v) is 4.60. The molecule has 0 bridgehead atoms. The number of rotatable bonds is 5. The van der Waals surface area contributed by atoms with Gasteiger partial charge in [0.2, 0.25) is 0 Å². The van der Waals surface area contributed by atoms with Gasteiger partial charge in [0, 0.05) is 4.47 Å². The van der Waals surface area contributed by atoms with Gasteiger partial charge in [0.25, 0.3) is 11.8 Å². The van der Waals surface area contributed by atoms with Gasteiger partial charge in [-0.05, 0) is 40.5 Å². The minimum atomic E-state index is -0.613. The Labute approximate surface area is 148 Å². The number of halogens is 1. The maximum atomic E-state index is 12.3. The van der Waals surface area contributed by atoms with E-state index in [2.05, 4.69) is 31.3 Å². The Balaban J connectivity index is 2.02. The minimum Gasteiger partial charge on any atom is -0.469 e. The van der Waals surface area contributed by atoms with Crippen molar-refractivity contribution in [2.75, 3.05) is 32.1 Å². The third-order valence-electron chi connectivity index (χ3n) is 3.94. The summed E-state index contributed by atoms with van der Waals surface area (Å²) in [6, 6.07) is 5.03. The zero-order valence-electron chi connectivity index (χ0n) is 13.6. The number of quaternary nitrogens is 1. The van der Waals surface area contributed by atoms with Gasteiger partial charge in [-0.1, -0.05) is 6.07 Å². The van der Waals surface area contributed by atoms with Gasteiger partial charge >= 0.3 is 5.97 Å². The number of hydrogen-bond acceptors (Lipinski definition) is 4. The van der Waals surface area contributed by atoms with Gasteiger partial charge in [0.1, 0.15) is 6.42 Å².